The Kier molecular flexibility index (Phi) is 4.28. The van der Waals surface area contributed by atoms with Crippen LogP contribution < -0.4 is 10.9 Å². The molecule has 5 nitrogen and oxygen atoms in total. The van der Waals surface area contributed by atoms with Crippen molar-refractivity contribution in [1.29, 1.82) is 0 Å². The highest BCUT2D eigenvalue weighted by Crippen LogP contribution is 2.30. The van der Waals surface area contributed by atoms with E-state index in [4.69, 9.17) is 4.42 Å². The summed E-state index contributed by atoms with van der Waals surface area (Å²) in [6, 6.07) is 11.0. The molecule has 1 aliphatic carbocycles. The predicted octanol–water partition coefficient (Wildman–Crippen LogP) is 2.85. The van der Waals surface area contributed by atoms with Crippen molar-refractivity contribution in [3.8, 4) is 0 Å². The third kappa shape index (κ3) is 3.69. The highest BCUT2D eigenvalue weighted by molar-refractivity contribution is 5.94. The molecule has 0 saturated heterocycles. The first-order valence-corrected chi connectivity index (χ1v) is 7.51. The largest absolute Gasteiger partial charge is 0.469 e. The Bertz CT molecular complexity index is 747. The van der Waals surface area contributed by atoms with Crippen LogP contribution in [-0.2, 0) is 4.79 Å². The minimum Gasteiger partial charge on any atom is -0.469 e. The fraction of sp³-hybridized carbons (Fsp3) is 0.222. The third-order valence-electron chi connectivity index (χ3n) is 3.81. The second-order valence-electron chi connectivity index (χ2n) is 5.71. The van der Waals surface area contributed by atoms with Gasteiger partial charge in [0, 0.05) is 29.7 Å². The standard InChI is InChI=1S/C18H18N2O3/c1-12-4-2-5-13(8-12)18(22)20-19-15-9-14(10-16(21)11-15)17-6-3-7-23-17/h2-8,11,14,19H,9-10H2,1H3,(H,20,22)/t14-/m0/s1. The van der Waals surface area contributed by atoms with Crippen LogP contribution in [0.15, 0.2) is 58.9 Å². The van der Waals surface area contributed by atoms with Crippen LogP contribution in [0.2, 0.25) is 0 Å². The Hall–Kier alpha value is -2.82. The van der Waals surface area contributed by atoms with Crippen LogP contribution in [0.3, 0.4) is 0 Å². The summed E-state index contributed by atoms with van der Waals surface area (Å²) in [6.45, 7) is 1.93. The van der Waals surface area contributed by atoms with Gasteiger partial charge in [0.05, 0.1) is 6.26 Å². The Balaban J connectivity index is 1.63. The van der Waals surface area contributed by atoms with Gasteiger partial charge in [-0.05, 0) is 37.6 Å². The molecule has 0 aliphatic heterocycles. The lowest BCUT2D eigenvalue weighted by molar-refractivity contribution is -0.115. The number of nitrogens with one attached hydrogen (secondary N) is 2. The number of hydrogen-bond acceptors (Lipinski definition) is 4. The van der Waals surface area contributed by atoms with Crippen LogP contribution >= 0.6 is 0 Å². The molecule has 1 atom stereocenters. The number of benzene rings is 1. The van der Waals surface area contributed by atoms with Crippen molar-refractivity contribution in [2.45, 2.75) is 25.7 Å². The number of hydrogen-bond donors (Lipinski definition) is 2. The fourth-order valence-corrected chi connectivity index (χ4v) is 2.70. The van der Waals surface area contributed by atoms with E-state index in [2.05, 4.69) is 10.9 Å². The molecule has 0 saturated carbocycles. The van der Waals surface area contributed by atoms with Gasteiger partial charge in [-0.1, -0.05) is 17.7 Å². The molecule has 118 valence electrons. The van der Waals surface area contributed by atoms with E-state index in [1.807, 2.05) is 37.3 Å². The maximum absolute atomic E-state index is 12.1. The average Bonchev–Trinajstić information content (AvgIpc) is 3.06. The number of ketones is 1. The monoisotopic (exact) mass is 310 g/mol. The summed E-state index contributed by atoms with van der Waals surface area (Å²) in [6.07, 6.45) is 4.18. The lowest BCUT2D eigenvalue weighted by Crippen LogP contribution is -2.38. The number of hydrazine groups is 1. The summed E-state index contributed by atoms with van der Waals surface area (Å²) in [7, 11) is 0. The topological polar surface area (TPSA) is 71.3 Å². The lowest BCUT2D eigenvalue weighted by atomic mass is 9.89. The number of rotatable bonds is 4. The molecule has 3 rings (SSSR count). The number of aryl methyl sites for hydroxylation is 1. The molecular weight excluding hydrogens is 292 g/mol. The van der Waals surface area contributed by atoms with Crippen LogP contribution in [-0.4, -0.2) is 11.7 Å². The summed E-state index contributed by atoms with van der Waals surface area (Å²) >= 11 is 0. The minimum atomic E-state index is -0.234. The molecule has 0 spiro atoms. The molecule has 5 heteroatoms. The van der Waals surface area contributed by atoms with Gasteiger partial charge in [-0.15, -0.1) is 0 Å². The van der Waals surface area contributed by atoms with Gasteiger partial charge in [-0.2, -0.15) is 0 Å². The van der Waals surface area contributed by atoms with Crippen LogP contribution in [0, 0.1) is 6.92 Å². The molecule has 2 aromatic rings. The molecule has 1 aromatic heterocycles. The molecule has 0 bridgehead atoms. The van der Waals surface area contributed by atoms with E-state index in [1.165, 1.54) is 6.08 Å². The van der Waals surface area contributed by atoms with E-state index in [0.717, 1.165) is 11.3 Å². The van der Waals surface area contributed by atoms with Gasteiger partial charge < -0.3 is 9.84 Å². The van der Waals surface area contributed by atoms with Crippen LogP contribution in [0.25, 0.3) is 0 Å². The van der Waals surface area contributed by atoms with Gasteiger partial charge in [-0.25, -0.2) is 0 Å². The summed E-state index contributed by atoms with van der Waals surface area (Å²) < 4.78 is 5.38. The molecule has 1 aliphatic rings. The van der Waals surface area contributed by atoms with E-state index in [1.54, 1.807) is 12.3 Å². The minimum absolute atomic E-state index is 0.000807. The maximum Gasteiger partial charge on any atom is 0.269 e. The van der Waals surface area contributed by atoms with Crippen LogP contribution in [0.1, 0.15) is 40.4 Å². The van der Waals surface area contributed by atoms with Gasteiger partial charge in [0.15, 0.2) is 5.78 Å². The fourth-order valence-electron chi connectivity index (χ4n) is 2.70. The first kappa shape index (κ1) is 15.1. The van der Waals surface area contributed by atoms with E-state index >= 15 is 0 Å². The summed E-state index contributed by atoms with van der Waals surface area (Å²) in [5.41, 5.74) is 7.78. The number of furan rings is 1. The lowest BCUT2D eigenvalue weighted by Gasteiger charge is -2.21. The van der Waals surface area contributed by atoms with Crippen molar-refractivity contribution in [3.05, 3.63) is 71.3 Å². The second-order valence-corrected chi connectivity index (χ2v) is 5.71. The van der Waals surface area contributed by atoms with E-state index in [0.29, 0.717) is 24.1 Å². The molecular formula is C18H18N2O3. The molecule has 1 aromatic carbocycles. The summed E-state index contributed by atoms with van der Waals surface area (Å²) in [5, 5.41) is 0. The average molecular weight is 310 g/mol. The number of carbonyl (C=O) groups excluding carboxylic acids is 2. The molecule has 0 fully saturated rings. The Morgan fingerprint density at radius 2 is 2.09 bits per heavy atom. The zero-order chi connectivity index (χ0) is 16.2. The molecule has 23 heavy (non-hydrogen) atoms. The zero-order valence-electron chi connectivity index (χ0n) is 12.8. The Morgan fingerprint density at radius 3 is 2.83 bits per heavy atom. The number of amides is 1. The highest BCUT2D eigenvalue weighted by Gasteiger charge is 2.24. The van der Waals surface area contributed by atoms with E-state index in [-0.39, 0.29) is 17.6 Å². The zero-order valence-corrected chi connectivity index (χ0v) is 12.8. The quantitative estimate of drug-likeness (QED) is 0.852. The van der Waals surface area contributed by atoms with Crippen molar-refractivity contribution in [1.82, 2.24) is 10.9 Å². The highest BCUT2D eigenvalue weighted by atomic mass is 16.3. The smallest absolute Gasteiger partial charge is 0.269 e. The van der Waals surface area contributed by atoms with Gasteiger partial charge in [0.1, 0.15) is 5.76 Å². The molecule has 2 N–H and O–H groups in total. The van der Waals surface area contributed by atoms with Crippen LogP contribution in [0.4, 0.5) is 0 Å². The van der Waals surface area contributed by atoms with Crippen LogP contribution in [0.5, 0.6) is 0 Å². The predicted molar refractivity (Wildman–Crippen MR) is 85.6 cm³/mol. The van der Waals surface area contributed by atoms with Crippen molar-refractivity contribution < 1.29 is 14.0 Å². The molecule has 1 heterocycles. The molecule has 1 amide bonds. The van der Waals surface area contributed by atoms with Gasteiger partial charge in [-0.3, -0.25) is 15.0 Å². The van der Waals surface area contributed by atoms with Crippen molar-refractivity contribution in [2.75, 3.05) is 0 Å². The van der Waals surface area contributed by atoms with Gasteiger partial charge >= 0.3 is 0 Å². The summed E-state index contributed by atoms with van der Waals surface area (Å²) in [4.78, 5) is 24.0. The van der Waals surface area contributed by atoms with Gasteiger partial charge in [0.25, 0.3) is 5.91 Å². The van der Waals surface area contributed by atoms with Crippen molar-refractivity contribution >= 4 is 11.7 Å². The Labute approximate surface area is 134 Å². The second kappa shape index (κ2) is 6.52. The van der Waals surface area contributed by atoms with Gasteiger partial charge in [0.2, 0.25) is 0 Å². The first-order chi connectivity index (χ1) is 11.1. The number of allylic oxidation sites excluding steroid dienone is 2. The Morgan fingerprint density at radius 1 is 1.22 bits per heavy atom. The van der Waals surface area contributed by atoms with E-state index in [9.17, 15) is 9.59 Å². The van der Waals surface area contributed by atoms with E-state index < -0.39 is 0 Å². The first-order valence-electron chi connectivity index (χ1n) is 7.51. The van der Waals surface area contributed by atoms with Crippen molar-refractivity contribution in [2.24, 2.45) is 0 Å². The van der Waals surface area contributed by atoms with Crippen molar-refractivity contribution in [3.63, 3.8) is 0 Å². The maximum atomic E-state index is 12.1. The number of carbonyl (C=O) groups is 2. The molecule has 0 radical (unpaired) electrons. The molecule has 0 unspecified atom stereocenters. The third-order valence-corrected chi connectivity index (χ3v) is 3.81. The normalized spacial score (nSPS) is 17.5. The SMILES string of the molecule is Cc1cccc(C(=O)NNC2=CC(=O)C[C@@H](c3ccco3)C2)c1. The summed E-state index contributed by atoms with van der Waals surface area (Å²) in [5.74, 6) is 0.573.